The normalized spacial score (nSPS) is 6.50. The molecule has 0 aliphatic rings. The summed E-state index contributed by atoms with van der Waals surface area (Å²) in [4.78, 5) is 9.58. The lowest BCUT2D eigenvalue weighted by Crippen LogP contribution is -2.26. The van der Waals surface area contributed by atoms with Crippen molar-refractivity contribution in [3.05, 3.63) is 0 Å². The highest BCUT2D eigenvalue weighted by molar-refractivity contribution is 5.71. The Morgan fingerprint density at radius 3 is 2.00 bits per heavy atom. The predicted octanol–water partition coefficient (Wildman–Crippen LogP) is -1.01. The van der Waals surface area contributed by atoms with Gasteiger partial charge < -0.3 is 5.11 Å². The standard InChI is InChI=1S/C2H6N2O.C2H6O/c1-2(5)4-3;1-2-3/h3H2,1H3,(H,4,5);3H,2H2,1H3. The van der Waals surface area contributed by atoms with E-state index in [4.69, 9.17) is 5.11 Å². The van der Waals surface area contributed by atoms with E-state index in [0.29, 0.717) is 0 Å². The summed E-state index contributed by atoms with van der Waals surface area (Å²) in [6, 6.07) is 0. The molecule has 0 saturated carbocycles. The monoisotopic (exact) mass is 120 g/mol. The summed E-state index contributed by atoms with van der Waals surface area (Å²) in [6.07, 6.45) is 0. The zero-order valence-electron chi connectivity index (χ0n) is 5.14. The molecule has 0 saturated heterocycles. The third-order valence-electron chi connectivity index (χ3n) is 0.203. The zero-order valence-corrected chi connectivity index (χ0v) is 5.14. The molecular weight excluding hydrogens is 108 g/mol. The van der Waals surface area contributed by atoms with Gasteiger partial charge >= 0.3 is 0 Å². The van der Waals surface area contributed by atoms with Gasteiger partial charge in [0, 0.05) is 13.5 Å². The van der Waals surface area contributed by atoms with E-state index in [1.807, 2.05) is 5.43 Å². The topological polar surface area (TPSA) is 75.4 Å². The molecule has 0 aliphatic carbocycles. The van der Waals surface area contributed by atoms with E-state index in [9.17, 15) is 4.79 Å². The average molecular weight is 120 g/mol. The second kappa shape index (κ2) is 9.63. The van der Waals surface area contributed by atoms with Crippen molar-refractivity contribution in [3.8, 4) is 0 Å². The van der Waals surface area contributed by atoms with E-state index in [-0.39, 0.29) is 12.5 Å². The molecule has 0 atom stereocenters. The lowest BCUT2D eigenvalue weighted by atomic mass is 10.8. The molecule has 4 N–H and O–H groups in total. The van der Waals surface area contributed by atoms with E-state index in [1.165, 1.54) is 6.92 Å². The number of aliphatic hydroxyl groups is 1. The van der Waals surface area contributed by atoms with Gasteiger partial charge in [-0.3, -0.25) is 10.2 Å². The number of amides is 1. The van der Waals surface area contributed by atoms with Crippen molar-refractivity contribution >= 4 is 5.91 Å². The highest BCUT2D eigenvalue weighted by Crippen LogP contribution is 1.41. The van der Waals surface area contributed by atoms with Crippen LogP contribution in [0.1, 0.15) is 13.8 Å². The number of carbonyl (C=O) groups is 1. The van der Waals surface area contributed by atoms with Crippen LogP contribution in [0.3, 0.4) is 0 Å². The van der Waals surface area contributed by atoms with Gasteiger partial charge in [0.1, 0.15) is 0 Å². The van der Waals surface area contributed by atoms with E-state index in [2.05, 4.69) is 5.84 Å². The first-order valence-electron chi connectivity index (χ1n) is 2.27. The Morgan fingerprint density at radius 1 is 1.88 bits per heavy atom. The summed E-state index contributed by atoms with van der Waals surface area (Å²) < 4.78 is 0. The van der Waals surface area contributed by atoms with Gasteiger partial charge in [0.25, 0.3) is 0 Å². The number of aliphatic hydroxyl groups excluding tert-OH is 1. The first-order chi connectivity index (χ1) is 3.68. The van der Waals surface area contributed by atoms with Crippen molar-refractivity contribution in [1.29, 1.82) is 0 Å². The molecule has 0 heterocycles. The fourth-order valence-corrected chi connectivity index (χ4v) is 0. The van der Waals surface area contributed by atoms with Crippen molar-refractivity contribution in [2.75, 3.05) is 6.61 Å². The maximum Gasteiger partial charge on any atom is 0.230 e. The van der Waals surface area contributed by atoms with Crippen molar-refractivity contribution in [2.45, 2.75) is 13.8 Å². The van der Waals surface area contributed by atoms with Crippen LogP contribution >= 0.6 is 0 Å². The van der Waals surface area contributed by atoms with Gasteiger partial charge in [-0.15, -0.1) is 0 Å². The third-order valence-corrected chi connectivity index (χ3v) is 0.203. The van der Waals surface area contributed by atoms with Gasteiger partial charge in [0.2, 0.25) is 5.91 Å². The van der Waals surface area contributed by atoms with Crippen molar-refractivity contribution in [2.24, 2.45) is 5.84 Å². The first kappa shape index (κ1) is 10.4. The minimum Gasteiger partial charge on any atom is -0.397 e. The second-order valence-corrected chi connectivity index (χ2v) is 1.02. The van der Waals surface area contributed by atoms with Gasteiger partial charge in [-0.1, -0.05) is 0 Å². The van der Waals surface area contributed by atoms with Crippen molar-refractivity contribution in [3.63, 3.8) is 0 Å². The number of carbonyl (C=O) groups excluding carboxylic acids is 1. The van der Waals surface area contributed by atoms with E-state index in [1.54, 1.807) is 6.92 Å². The van der Waals surface area contributed by atoms with Crippen molar-refractivity contribution in [1.82, 2.24) is 5.43 Å². The fourth-order valence-electron chi connectivity index (χ4n) is 0. The third kappa shape index (κ3) is 53.8. The van der Waals surface area contributed by atoms with E-state index in [0.717, 1.165) is 0 Å². The van der Waals surface area contributed by atoms with E-state index < -0.39 is 0 Å². The molecule has 50 valence electrons. The first-order valence-corrected chi connectivity index (χ1v) is 2.27. The molecule has 0 fully saturated rings. The van der Waals surface area contributed by atoms with Gasteiger partial charge in [-0.05, 0) is 6.92 Å². The molecule has 8 heavy (non-hydrogen) atoms. The predicted molar refractivity (Wildman–Crippen MR) is 30.8 cm³/mol. The summed E-state index contributed by atoms with van der Waals surface area (Å²) in [7, 11) is 0. The number of nitrogens with one attached hydrogen (secondary N) is 1. The Labute approximate surface area is 48.7 Å². The van der Waals surface area contributed by atoms with Crippen molar-refractivity contribution < 1.29 is 9.90 Å². The zero-order chi connectivity index (χ0) is 6.99. The summed E-state index contributed by atoms with van der Waals surface area (Å²) in [5.41, 5.74) is 1.89. The molecule has 0 aromatic heterocycles. The lowest BCUT2D eigenvalue weighted by Gasteiger charge is -1.80. The number of nitrogens with two attached hydrogens (primary N) is 1. The lowest BCUT2D eigenvalue weighted by molar-refractivity contribution is -0.119. The highest BCUT2D eigenvalue weighted by atomic mass is 16.2. The number of hydrogen-bond acceptors (Lipinski definition) is 3. The molecule has 0 radical (unpaired) electrons. The molecule has 0 aromatic carbocycles. The average Bonchev–Trinajstić information content (AvgIpc) is 1.69. The smallest absolute Gasteiger partial charge is 0.230 e. The maximum atomic E-state index is 9.58. The van der Waals surface area contributed by atoms with Gasteiger partial charge in [0.05, 0.1) is 0 Å². The molecule has 4 heteroatoms. The molecule has 1 amide bonds. The Morgan fingerprint density at radius 2 is 2.00 bits per heavy atom. The Hall–Kier alpha value is -0.610. The molecular formula is C4H12N2O2. The Bertz CT molecular complexity index is 56.0. The summed E-state index contributed by atoms with van der Waals surface area (Å²) >= 11 is 0. The molecule has 0 bridgehead atoms. The molecule has 4 nitrogen and oxygen atoms in total. The summed E-state index contributed by atoms with van der Waals surface area (Å²) in [5, 5.41) is 7.57. The Kier molecular flexibility index (Phi) is 12.5. The maximum absolute atomic E-state index is 9.58. The van der Waals surface area contributed by atoms with Crippen LogP contribution in [-0.2, 0) is 4.79 Å². The largest absolute Gasteiger partial charge is 0.397 e. The van der Waals surface area contributed by atoms with Crippen LogP contribution in [0.4, 0.5) is 0 Å². The van der Waals surface area contributed by atoms with E-state index >= 15 is 0 Å². The number of rotatable bonds is 0. The second-order valence-electron chi connectivity index (χ2n) is 1.02. The minimum atomic E-state index is -0.218. The van der Waals surface area contributed by atoms with Crippen LogP contribution in [0.15, 0.2) is 0 Å². The molecule has 0 aliphatic heterocycles. The molecule has 0 rings (SSSR count). The van der Waals surface area contributed by atoms with Gasteiger partial charge in [-0.25, -0.2) is 5.84 Å². The van der Waals surface area contributed by atoms with Crippen LogP contribution in [0, 0.1) is 0 Å². The number of hydrogen-bond donors (Lipinski definition) is 3. The van der Waals surface area contributed by atoms with Crippen LogP contribution in [0.5, 0.6) is 0 Å². The summed E-state index contributed by atoms with van der Waals surface area (Å²) in [6.45, 7) is 3.28. The number of hydrazine groups is 1. The molecule has 0 spiro atoms. The van der Waals surface area contributed by atoms with Crippen LogP contribution in [0.25, 0.3) is 0 Å². The fraction of sp³-hybridized carbons (Fsp3) is 0.750. The van der Waals surface area contributed by atoms with Crippen LogP contribution in [0.2, 0.25) is 0 Å². The molecule has 0 unspecified atom stereocenters. The molecule has 0 aromatic rings. The minimum absolute atomic E-state index is 0.218. The van der Waals surface area contributed by atoms with Gasteiger partial charge in [-0.2, -0.15) is 0 Å². The highest BCUT2D eigenvalue weighted by Gasteiger charge is 1.73. The van der Waals surface area contributed by atoms with Crippen LogP contribution in [-0.4, -0.2) is 17.6 Å². The van der Waals surface area contributed by atoms with Crippen LogP contribution < -0.4 is 11.3 Å². The SMILES string of the molecule is CC(=O)NN.CCO. The van der Waals surface area contributed by atoms with Gasteiger partial charge in [0.15, 0.2) is 0 Å². The quantitative estimate of drug-likeness (QED) is 0.218. The summed E-state index contributed by atoms with van der Waals surface area (Å²) in [5.74, 6) is 4.35. The Balaban J connectivity index is 0.